The number of esters is 2. The zero-order valence-corrected chi connectivity index (χ0v) is 39.5. The van der Waals surface area contributed by atoms with Crippen molar-refractivity contribution < 1.29 is 47.5 Å². The molecular weight excluding hydrogens is 781 g/mol. The molecule has 0 aliphatic rings. The Labute approximate surface area is 367 Å². The molecule has 0 aromatic carbocycles. The van der Waals surface area contributed by atoms with Crippen LogP contribution < -0.4 is 5.73 Å². The van der Waals surface area contributed by atoms with E-state index in [0.29, 0.717) is 12.8 Å². The van der Waals surface area contributed by atoms with E-state index in [1.54, 1.807) is 0 Å². The zero-order chi connectivity index (χ0) is 44.2. The van der Waals surface area contributed by atoms with Crippen molar-refractivity contribution in [2.75, 3.05) is 19.8 Å². The highest BCUT2D eigenvalue weighted by Gasteiger charge is 2.28. The molecule has 1 unspecified atom stereocenters. The van der Waals surface area contributed by atoms with E-state index in [1.165, 1.54) is 148 Å². The second-order valence-electron chi connectivity index (χ2n) is 17.0. The van der Waals surface area contributed by atoms with Gasteiger partial charge < -0.3 is 25.2 Å². The minimum absolute atomic E-state index is 0.166. The molecule has 12 heteroatoms. The van der Waals surface area contributed by atoms with Crippen LogP contribution in [0, 0.1) is 0 Å². The van der Waals surface area contributed by atoms with Crippen LogP contribution in [0.4, 0.5) is 0 Å². The van der Waals surface area contributed by atoms with Crippen molar-refractivity contribution in [2.45, 2.75) is 257 Å². The maximum absolute atomic E-state index is 12.7. The van der Waals surface area contributed by atoms with Crippen LogP contribution in [0.25, 0.3) is 0 Å². The van der Waals surface area contributed by atoms with E-state index < -0.39 is 51.1 Å². The number of carboxylic acids is 1. The lowest BCUT2D eigenvalue weighted by Crippen LogP contribution is -2.34. The number of ether oxygens (including phenoxy) is 2. The highest BCUT2D eigenvalue weighted by Crippen LogP contribution is 2.43. The first-order valence-electron chi connectivity index (χ1n) is 24.7. The van der Waals surface area contributed by atoms with Gasteiger partial charge >= 0.3 is 25.7 Å². The van der Waals surface area contributed by atoms with Crippen molar-refractivity contribution in [1.29, 1.82) is 0 Å². The van der Waals surface area contributed by atoms with Gasteiger partial charge in [-0.1, -0.05) is 206 Å². The zero-order valence-electron chi connectivity index (χ0n) is 38.6. The average molecular weight is 874 g/mol. The predicted octanol–water partition coefficient (Wildman–Crippen LogP) is 13.6. The lowest BCUT2D eigenvalue weighted by molar-refractivity contribution is -0.161. The van der Waals surface area contributed by atoms with Crippen LogP contribution in [0.15, 0.2) is 12.2 Å². The Hall–Kier alpha value is -1.78. The number of allylic oxidation sites excluding steroid dienone is 2. The Morgan fingerprint density at radius 1 is 0.500 bits per heavy atom. The summed E-state index contributed by atoms with van der Waals surface area (Å²) in [6, 6.07) is -1.52. The SMILES string of the molecule is CCCCCCC/C=C/CCCCCCCC(=O)OC[C@@H](COP(=O)(O)OC[C@H](N)C(=O)O)OC(=O)CCCCCCCCCCCCCCCCCCCCCCCC. The molecule has 0 spiro atoms. The van der Waals surface area contributed by atoms with Crippen LogP contribution in [0.1, 0.15) is 245 Å². The number of aliphatic carboxylic acids is 1. The molecule has 0 fully saturated rings. The van der Waals surface area contributed by atoms with E-state index in [1.807, 2.05) is 0 Å². The second kappa shape index (κ2) is 43.9. The fourth-order valence-corrected chi connectivity index (χ4v) is 7.90. The number of hydrogen-bond acceptors (Lipinski definition) is 9. The molecule has 0 aliphatic heterocycles. The first kappa shape index (κ1) is 58.2. The summed E-state index contributed by atoms with van der Waals surface area (Å²) in [5.41, 5.74) is 5.35. The highest BCUT2D eigenvalue weighted by atomic mass is 31.2. The summed E-state index contributed by atoms with van der Waals surface area (Å²) < 4.78 is 32.8. The minimum Gasteiger partial charge on any atom is -0.480 e. The number of phosphoric acid groups is 1. The van der Waals surface area contributed by atoms with Crippen molar-refractivity contribution in [1.82, 2.24) is 0 Å². The molecule has 3 atom stereocenters. The first-order chi connectivity index (χ1) is 29.1. The van der Waals surface area contributed by atoms with Crippen molar-refractivity contribution >= 4 is 25.7 Å². The second-order valence-corrected chi connectivity index (χ2v) is 18.4. The summed E-state index contributed by atoms with van der Waals surface area (Å²) in [7, 11) is -4.72. The van der Waals surface area contributed by atoms with Gasteiger partial charge in [-0.15, -0.1) is 0 Å². The largest absolute Gasteiger partial charge is 0.480 e. The Morgan fingerprint density at radius 3 is 1.22 bits per heavy atom. The average Bonchev–Trinajstić information content (AvgIpc) is 3.22. The third-order valence-electron chi connectivity index (χ3n) is 11.0. The van der Waals surface area contributed by atoms with E-state index in [9.17, 15) is 23.8 Å². The third-order valence-corrected chi connectivity index (χ3v) is 12.0. The normalized spacial score (nSPS) is 13.7. The Morgan fingerprint density at radius 2 is 0.833 bits per heavy atom. The van der Waals surface area contributed by atoms with Gasteiger partial charge in [-0.05, 0) is 38.5 Å². The lowest BCUT2D eigenvalue weighted by Gasteiger charge is -2.20. The van der Waals surface area contributed by atoms with Gasteiger partial charge in [0, 0.05) is 12.8 Å². The minimum atomic E-state index is -4.72. The lowest BCUT2D eigenvalue weighted by atomic mass is 10.0. The van der Waals surface area contributed by atoms with Gasteiger partial charge in [0.2, 0.25) is 0 Å². The van der Waals surface area contributed by atoms with E-state index in [2.05, 4.69) is 30.5 Å². The molecule has 0 saturated carbocycles. The summed E-state index contributed by atoms with van der Waals surface area (Å²) in [6.07, 6.45) is 45.6. The summed E-state index contributed by atoms with van der Waals surface area (Å²) in [5, 5.41) is 8.91. The van der Waals surface area contributed by atoms with Gasteiger partial charge in [0.15, 0.2) is 6.10 Å². The molecule has 0 heterocycles. The van der Waals surface area contributed by atoms with Crippen LogP contribution in [-0.2, 0) is 37.5 Å². The summed E-state index contributed by atoms with van der Waals surface area (Å²) >= 11 is 0. The smallest absolute Gasteiger partial charge is 0.472 e. The number of phosphoric ester groups is 1. The number of unbranched alkanes of at least 4 members (excludes halogenated alkanes) is 31. The van der Waals surface area contributed by atoms with Crippen LogP contribution in [0.5, 0.6) is 0 Å². The van der Waals surface area contributed by atoms with Crippen LogP contribution in [0.2, 0.25) is 0 Å². The van der Waals surface area contributed by atoms with Crippen LogP contribution >= 0.6 is 7.82 Å². The number of nitrogens with two attached hydrogens (primary N) is 1. The third kappa shape index (κ3) is 42.9. The van der Waals surface area contributed by atoms with Gasteiger partial charge in [-0.25, -0.2) is 4.57 Å². The summed E-state index contributed by atoms with van der Waals surface area (Å²) in [5.74, 6) is -2.37. The van der Waals surface area contributed by atoms with Crippen molar-refractivity contribution in [3.05, 3.63) is 12.2 Å². The fourth-order valence-electron chi connectivity index (χ4n) is 7.12. The molecule has 0 amide bonds. The van der Waals surface area contributed by atoms with Crippen LogP contribution in [-0.4, -0.2) is 59.9 Å². The van der Waals surface area contributed by atoms with Gasteiger partial charge in [0.25, 0.3) is 0 Å². The molecule has 0 saturated heterocycles. The Kier molecular flexibility index (Phi) is 42.6. The molecular formula is C48H92NO10P. The summed E-state index contributed by atoms with van der Waals surface area (Å²) in [4.78, 5) is 46.1. The molecule has 0 rings (SSSR count). The van der Waals surface area contributed by atoms with Crippen molar-refractivity contribution in [3.63, 3.8) is 0 Å². The maximum atomic E-state index is 12.7. The molecule has 60 heavy (non-hydrogen) atoms. The standard InChI is InChI=1S/C48H92NO10P/c1-3-5-7-9-11-13-15-17-19-20-21-22-23-24-25-26-28-30-32-34-36-38-40-47(51)59-44(42-57-60(54,55)58-43-45(49)48(52)53)41-56-46(50)39-37-35-33-31-29-27-18-16-14-12-10-8-6-4-2/h16,18,44-45H,3-15,17,19-43,49H2,1-2H3,(H,52,53)(H,54,55)/b18-16+/t44-,45-/m0/s1. The predicted molar refractivity (Wildman–Crippen MR) is 245 cm³/mol. The maximum Gasteiger partial charge on any atom is 0.472 e. The highest BCUT2D eigenvalue weighted by molar-refractivity contribution is 7.47. The molecule has 4 N–H and O–H groups in total. The number of carbonyl (C=O) groups is 3. The molecule has 0 aromatic heterocycles. The molecule has 0 aromatic rings. The van der Waals surface area contributed by atoms with E-state index >= 15 is 0 Å². The number of carbonyl (C=O) groups excluding carboxylic acids is 2. The molecule has 0 bridgehead atoms. The van der Waals surface area contributed by atoms with Gasteiger partial charge in [0.05, 0.1) is 13.2 Å². The molecule has 0 radical (unpaired) electrons. The molecule has 0 aliphatic carbocycles. The number of hydrogen-bond donors (Lipinski definition) is 3. The fraction of sp³-hybridized carbons (Fsp3) is 0.896. The summed E-state index contributed by atoms with van der Waals surface area (Å²) in [6.45, 7) is 2.83. The van der Waals surface area contributed by atoms with E-state index in [0.717, 1.165) is 57.8 Å². The molecule has 11 nitrogen and oxygen atoms in total. The van der Waals surface area contributed by atoms with E-state index in [4.69, 9.17) is 24.8 Å². The first-order valence-corrected chi connectivity index (χ1v) is 26.2. The topological polar surface area (TPSA) is 172 Å². The van der Waals surface area contributed by atoms with E-state index in [-0.39, 0.29) is 19.4 Å². The number of rotatable bonds is 47. The van der Waals surface area contributed by atoms with Crippen molar-refractivity contribution in [2.24, 2.45) is 5.73 Å². The quantitative estimate of drug-likeness (QED) is 0.0230. The number of carboxylic acid groups (broad SMARTS) is 1. The monoisotopic (exact) mass is 874 g/mol. The van der Waals surface area contributed by atoms with Gasteiger partial charge in [-0.2, -0.15) is 0 Å². The van der Waals surface area contributed by atoms with Gasteiger partial charge in [0.1, 0.15) is 12.6 Å². The Balaban J connectivity index is 4.21. The van der Waals surface area contributed by atoms with Gasteiger partial charge in [-0.3, -0.25) is 23.4 Å². The molecule has 354 valence electrons. The van der Waals surface area contributed by atoms with Crippen molar-refractivity contribution in [3.8, 4) is 0 Å². The van der Waals surface area contributed by atoms with Crippen LogP contribution in [0.3, 0.4) is 0 Å². The Bertz CT molecular complexity index is 1070.